The maximum Gasteiger partial charge on any atom is 0.235 e. The molecule has 4 N–H and O–H groups in total. The molecular formula is C24H26N2O8. The number of primary amides is 1. The molecule has 1 aromatic rings. The Morgan fingerprint density at radius 3 is 2.29 bits per heavy atom. The number of carbonyl (C=O) groups is 6. The van der Waals surface area contributed by atoms with Crippen molar-refractivity contribution in [2.75, 3.05) is 14.1 Å². The van der Waals surface area contributed by atoms with Gasteiger partial charge in [-0.2, -0.15) is 0 Å². The van der Waals surface area contributed by atoms with Crippen LogP contribution in [0.1, 0.15) is 45.2 Å². The molecule has 0 aromatic heterocycles. The van der Waals surface area contributed by atoms with Crippen molar-refractivity contribution in [3.05, 3.63) is 28.3 Å². The van der Waals surface area contributed by atoms with Gasteiger partial charge in [0.25, 0.3) is 0 Å². The lowest BCUT2D eigenvalue weighted by Gasteiger charge is -2.52. The van der Waals surface area contributed by atoms with Crippen molar-refractivity contribution >= 4 is 34.8 Å². The molecule has 2 saturated carbocycles. The molecule has 0 spiro atoms. The number of carbonyl (C=O) groups excluding carboxylic acids is 6. The van der Waals surface area contributed by atoms with E-state index in [2.05, 4.69) is 0 Å². The maximum absolute atomic E-state index is 13.7. The molecule has 1 aromatic carbocycles. The minimum absolute atomic E-state index is 0.0596. The Kier molecular flexibility index (Phi) is 5.37. The summed E-state index contributed by atoms with van der Waals surface area (Å²) in [6, 6.07) is 0.319. The van der Waals surface area contributed by atoms with Crippen LogP contribution in [0.15, 0.2) is 6.07 Å². The first-order chi connectivity index (χ1) is 15.7. The van der Waals surface area contributed by atoms with Crippen LogP contribution in [0.5, 0.6) is 5.75 Å². The quantitative estimate of drug-likeness (QED) is 0.384. The van der Waals surface area contributed by atoms with E-state index in [0.717, 1.165) is 0 Å². The van der Waals surface area contributed by atoms with Crippen molar-refractivity contribution in [2.45, 2.75) is 38.3 Å². The summed E-state index contributed by atoms with van der Waals surface area (Å²) in [5.41, 5.74) is 3.19. The third-order valence-electron chi connectivity index (χ3n) is 7.63. The van der Waals surface area contributed by atoms with Crippen LogP contribution in [-0.4, -0.2) is 75.7 Å². The van der Waals surface area contributed by atoms with Crippen LogP contribution in [-0.2, 0) is 25.6 Å². The number of nitrogens with two attached hydrogens (primary N) is 1. The van der Waals surface area contributed by atoms with Gasteiger partial charge in [-0.1, -0.05) is 0 Å². The van der Waals surface area contributed by atoms with Crippen molar-refractivity contribution in [3.63, 3.8) is 0 Å². The highest BCUT2D eigenvalue weighted by Crippen LogP contribution is 2.51. The van der Waals surface area contributed by atoms with Crippen molar-refractivity contribution in [1.29, 1.82) is 0 Å². The van der Waals surface area contributed by atoms with Crippen LogP contribution in [0.25, 0.3) is 0 Å². The van der Waals surface area contributed by atoms with Gasteiger partial charge in [0.15, 0.2) is 40.4 Å². The highest BCUT2D eigenvalue weighted by Gasteiger charge is 2.69. The Morgan fingerprint density at radius 2 is 1.76 bits per heavy atom. The number of aromatic hydroxyl groups is 1. The largest absolute Gasteiger partial charge is 0.507 e. The molecule has 3 aliphatic carbocycles. The molecule has 180 valence electrons. The van der Waals surface area contributed by atoms with E-state index >= 15 is 0 Å². The first kappa shape index (κ1) is 23.9. The Bertz CT molecular complexity index is 1200. The minimum atomic E-state index is -2.76. The molecule has 0 heterocycles. The number of nitrogens with zero attached hydrogens (tertiary/aromatic N) is 1. The molecule has 0 bridgehead atoms. The van der Waals surface area contributed by atoms with E-state index in [1.807, 2.05) is 0 Å². The van der Waals surface area contributed by atoms with E-state index in [1.165, 1.54) is 38.9 Å². The van der Waals surface area contributed by atoms with E-state index in [1.54, 1.807) is 0 Å². The third-order valence-corrected chi connectivity index (χ3v) is 7.63. The Morgan fingerprint density at radius 1 is 1.15 bits per heavy atom. The van der Waals surface area contributed by atoms with Gasteiger partial charge in [-0.3, -0.25) is 33.7 Å². The monoisotopic (exact) mass is 470 g/mol. The number of Topliss-reactive ketones (excluding diaryl/α,β-unsaturated/α-hetero) is 5. The van der Waals surface area contributed by atoms with Crippen LogP contribution in [0, 0.1) is 30.6 Å². The summed E-state index contributed by atoms with van der Waals surface area (Å²) in [4.78, 5) is 79.1. The molecule has 0 radical (unpaired) electrons. The van der Waals surface area contributed by atoms with Crippen molar-refractivity contribution in [2.24, 2.45) is 29.4 Å². The van der Waals surface area contributed by atoms with Crippen molar-refractivity contribution in [1.82, 2.24) is 4.90 Å². The summed E-state index contributed by atoms with van der Waals surface area (Å²) in [6.07, 6.45) is 0.00443. The fourth-order valence-electron chi connectivity index (χ4n) is 6.12. The second kappa shape index (κ2) is 7.64. The molecule has 3 aliphatic rings. The molecule has 0 saturated heterocycles. The van der Waals surface area contributed by atoms with Gasteiger partial charge >= 0.3 is 0 Å². The molecule has 10 nitrogen and oxygen atoms in total. The van der Waals surface area contributed by atoms with Gasteiger partial charge in [0.2, 0.25) is 5.91 Å². The summed E-state index contributed by atoms with van der Waals surface area (Å²) in [6.45, 7) is 2.85. The molecule has 1 amide bonds. The molecule has 0 aliphatic heterocycles. The number of rotatable bonds is 3. The van der Waals surface area contributed by atoms with Gasteiger partial charge in [-0.15, -0.1) is 0 Å². The van der Waals surface area contributed by atoms with E-state index in [9.17, 15) is 39.0 Å². The van der Waals surface area contributed by atoms with E-state index in [0.29, 0.717) is 5.56 Å². The Hall–Kier alpha value is -3.24. The molecule has 2 unspecified atom stereocenters. The predicted molar refractivity (Wildman–Crippen MR) is 116 cm³/mol. The average molecular weight is 470 g/mol. The van der Waals surface area contributed by atoms with Gasteiger partial charge in [0.1, 0.15) is 5.75 Å². The summed E-state index contributed by atoms with van der Waals surface area (Å²) < 4.78 is 0. The van der Waals surface area contributed by atoms with Gasteiger partial charge in [0, 0.05) is 11.5 Å². The Balaban J connectivity index is 1.92. The van der Waals surface area contributed by atoms with Crippen LogP contribution < -0.4 is 5.73 Å². The lowest BCUT2D eigenvalue weighted by Crippen LogP contribution is -2.74. The number of phenolic OH excluding ortho intramolecular Hbond substituents is 1. The number of likely N-dealkylation sites (N-methyl/N-ethyl adjacent to an activating group) is 1. The summed E-state index contributed by atoms with van der Waals surface area (Å²) >= 11 is 0. The number of hydrogen-bond acceptors (Lipinski definition) is 9. The number of phenols is 1. The molecule has 10 heteroatoms. The first-order valence-electron chi connectivity index (χ1n) is 11.0. The van der Waals surface area contributed by atoms with E-state index in [4.69, 9.17) is 5.73 Å². The fourth-order valence-corrected chi connectivity index (χ4v) is 6.12. The Labute approximate surface area is 195 Å². The average Bonchev–Trinajstić information content (AvgIpc) is 2.72. The number of hydrogen-bond donors (Lipinski definition) is 3. The highest BCUT2D eigenvalue weighted by atomic mass is 16.3. The number of aryl methyl sites for hydroxylation is 1. The lowest BCUT2D eigenvalue weighted by atomic mass is 9.52. The zero-order chi connectivity index (χ0) is 25.4. The standard InChI is InChI=1S/C24H26N2O8/c1-8-5-11(9(2)27)12-6-10-7-13-17(26(3)4)20(30)16(23(25)33)22(32)24(13,34)21(31)14(10)19(29)15(12)18(8)28/h5,10,13-14,16-17,28,34H,6-7H2,1-4H3,(H2,25,33)/t10-,13-,14?,16?,17-,24-/m1/s1. The number of amides is 1. The summed E-state index contributed by atoms with van der Waals surface area (Å²) in [5, 5.41) is 22.1. The second-order valence-corrected chi connectivity index (χ2v) is 9.79. The van der Waals surface area contributed by atoms with Crippen molar-refractivity contribution in [3.8, 4) is 5.75 Å². The van der Waals surface area contributed by atoms with Crippen molar-refractivity contribution < 1.29 is 39.0 Å². The van der Waals surface area contributed by atoms with Gasteiger partial charge in [-0.05, 0) is 63.9 Å². The SMILES string of the molecule is CC(=O)c1cc(C)c(O)c2c1C[C@@H]1C[C@@H]3[C@@H](N(C)C)C(=O)C(C(N)=O)C(=O)[C@]3(O)C(=O)C1C2=O. The van der Waals surface area contributed by atoms with Crippen LogP contribution in [0.4, 0.5) is 0 Å². The van der Waals surface area contributed by atoms with E-state index < -0.39 is 64.4 Å². The van der Waals surface area contributed by atoms with Gasteiger partial charge in [-0.25, -0.2) is 0 Å². The third kappa shape index (κ3) is 2.94. The number of fused-ring (bicyclic) bond motifs is 3. The van der Waals surface area contributed by atoms with Gasteiger partial charge < -0.3 is 15.9 Å². The second-order valence-electron chi connectivity index (χ2n) is 9.79. The molecule has 34 heavy (non-hydrogen) atoms. The minimum Gasteiger partial charge on any atom is -0.507 e. The molecule has 6 atom stereocenters. The zero-order valence-electron chi connectivity index (χ0n) is 19.2. The van der Waals surface area contributed by atoms with Crippen LogP contribution in [0.2, 0.25) is 0 Å². The molecular weight excluding hydrogens is 444 g/mol. The highest BCUT2D eigenvalue weighted by molar-refractivity contribution is 6.32. The fraction of sp³-hybridized carbons (Fsp3) is 0.500. The first-order valence-corrected chi connectivity index (χ1v) is 11.0. The molecule has 2 fully saturated rings. The molecule has 4 rings (SSSR count). The number of aliphatic hydroxyl groups is 1. The van der Waals surface area contributed by atoms with Crippen LogP contribution in [0.3, 0.4) is 0 Å². The topological polar surface area (TPSA) is 172 Å². The summed E-state index contributed by atoms with van der Waals surface area (Å²) in [7, 11) is 3.03. The zero-order valence-corrected chi connectivity index (χ0v) is 19.2. The smallest absolute Gasteiger partial charge is 0.235 e. The number of ketones is 5. The summed E-state index contributed by atoms with van der Waals surface area (Å²) in [5.74, 6) is -11.4. The van der Waals surface area contributed by atoms with E-state index in [-0.39, 0.29) is 41.1 Å². The predicted octanol–water partition coefficient (Wildman–Crippen LogP) is -0.622. The number of benzene rings is 1. The lowest BCUT2D eigenvalue weighted by molar-refractivity contribution is -0.181. The van der Waals surface area contributed by atoms with Gasteiger partial charge in [0.05, 0.1) is 17.5 Å². The maximum atomic E-state index is 13.7. The van der Waals surface area contributed by atoms with Crippen LogP contribution >= 0.6 is 0 Å². The normalized spacial score (nSPS) is 32.8.